The van der Waals surface area contributed by atoms with Crippen LogP contribution >= 0.6 is 11.6 Å². The molecule has 2 amide bonds. The molecule has 6 N–H and O–H groups in total. The van der Waals surface area contributed by atoms with E-state index in [1.54, 1.807) is 0 Å². The van der Waals surface area contributed by atoms with Gasteiger partial charge in [0.1, 0.15) is 5.84 Å². The van der Waals surface area contributed by atoms with Crippen molar-refractivity contribution < 1.29 is 9.59 Å². The van der Waals surface area contributed by atoms with Crippen LogP contribution in [0.2, 0.25) is 5.15 Å². The average Bonchev–Trinajstić information content (AvgIpc) is 3.13. The SMILES string of the molecule is Nc1nc(N)c(C(=O)NC2=NC3(CC2)CCN(C(=O)C2CCNCC2)CC3)nc1Cl. The number of piperidine rings is 2. The fraction of sp³-hybridized carbons (Fsp3) is 0.632. The number of rotatable bonds is 2. The second kappa shape index (κ2) is 8.35. The van der Waals surface area contributed by atoms with Gasteiger partial charge in [0.2, 0.25) is 5.91 Å². The highest BCUT2D eigenvalue weighted by Gasteiger charge is 2.40. The number of aromatic nitrogens is 2. The van der Waals surface area contributed by atoms with Crippen LogP contribution in [-0.4, -0.2) is 64.2 Å². The fourth-order valence-electron chi connectivity index (χ4n) is 4.47. The molecule has 1 aromatic rings. The first kappa shape index (κ1) is 20.8. The van der Waals surface area contributed by atoms with Gasteiger partial charge in [0, 0.05) is 25.4 Å². The number of hydrogen-bond donors (Lipinski definition) is 4. The zero-order valence-electron chi connectivity index (χ0n) is 16.8. The highest BCUT2D eigenvalue weighted by atomic mass is 35.5. The van der Waals surface area contributed by atoms with E-state index in [2.05, 4.69) is 20.6 Å². The van der Waals surface area contributed by atoms with E-state index in [-0.39, 0.29) is 39.8 Å². The van der Waals surface area contributed by atoms with E-state index in [1.165, 1.54) is 0 Å². The molecule has 10 nitrogen and oxygen atoms in total. The summed E-state index contributed by atoms with van der Waals surface area (Å²) < 4.78 is 0. The summed E-state index contributed by atoms with van der Waals surface area (Å²) in [7, 11) is 0. The highest BCUT2D eigenvalue weighted by Crippen LogP contribution is 2.36. The highest BCUT2D eigenvalue weighted by molar-refractivity contribution is 6.31. The molecule has 4 heterocycles. The summed E-state index contributed by atoms with van der Waals surface area (Å²) >= 11 is 5.86. The largest absolute Gasteiger partial charge is 0.382 e. The molecule has 0 radical (unpaired) electrons. The molecule has 3 aliphatic heterocycles. The summed E-state index contributed by atoms with van der Waals surface area (Å²) in [6.45, 7) is 3.24. The number of amides is 2. The molecular weight excluding hydrogens is 408 g/mol. The number of hydrogen-bond acceptors (Lipinski definition) is 8. The lowest BCUT2D eigenvalue weighted by Crippen LogP contribution is -2.48. The standard InChI is InChI=1S/C19H27ClN8O2/c20-14-16(22)26-15(21)13(25-14)17(29)24-12-1-4-19(27-12)5-9-28(10-6-19)18(30)11-2-7-23-8-3-11/h11,23H,1-10H2,(H4,21,22,26)(H,24,27,29). The van der Waals surface area contributed by atoms with Crippen molar-refractivity contribution in [2.45, 2.75) is 44.1 Å². The number of amidine groups is 1. The number of nitrogens with two attached hydrogens (primary N) is 2. The maximum atomic E-state index is 12.8. The van der Waals surface area contributed by atoms with Gasteiger partial charge >= 0.3 is 0 Å². The van der Waals surface area contributed by atoms with E-state index in [4.69, 9.17) is 28.1 Å². The van der Waals surface area contributed by atoms with Gasteiger partial charge in [-0.1, -0.05) is 11.6 Å². The van der Waals surface area contributed by atoms with Gasteiger partial charge in [-0.2, -0.15) is 0 Å². The summed E-state index contributed by atoms with van der Waals surface area (Å²) in [5, 5.41) is 6.02. The van der Waals surface area contributed by atoms with Crippen molar-refractivity contribution >= 4 is 40.9 Å². The molecule has 3 aliphatic rings. The van der Waals surface area contributed by atoms with Gasteiger partial charge in [-0.3, -0.25) is 14.6 Å². The van der Waals surface area contributed by atoms with Crippen molar-refractivity contribution in [3.63, 3.8) is 0 Å². The predicted molar refractivity (Wildman–Crippen MR) is 114 cm³/mol. The lowest BCUT2D eigenvalue weighted by Gasteiger charge is -2.39. The van der Waals surface area contributed by atoms with E-state index in [0.717, 1.165) is 45.2 Å². The molecule has 11 heteroatoms. The third-order valence-corrected chi connectivity index (χ3v) is 6.55. The van der Waals surface area contributed by atoms with Gasteiger partial charge in [0.05, 0.1) is 5.54 Å². The molecule has 162 valence electrons. The second-order valence-corrected chi connectivity index (χ2v) is 8.58. The number of likely N-dealkylation sites (tertiary alicyclic amines) is 1. The number of anilines is 2. The Balaban J connectivity index is 1.36. The number of nitrogens with one attached hydrogen (secondary N) is 2. The van der Waals surface area contributed by atoms with Crippen LogP contribution in [0, 0.1) is 5.92 Å². The Bertz CT molecular complexity index is 876. The van der Waals surface area contributed by atoms with Crippen LogP contribution in [0.4, 0.5) is 11.6 Å². The van der Waals surface area contributed by atoms with Crippen LogP contribution in [0.5, 0.6) is 0 Å². The molecule has 0 saturated carbocycles. The van der Waals surface area contributed by atoms with Crippen LogP contribution in [0.3, 0.4) is 0 Å². The van der Waals surface area contributed by atoms with Gasteiger partial charge in [-0.15, -0.1) is 0 Å². The molecule has 0 bridgehead atoms. The van der Waals surface area contributed by atoms with Crippen LogP contribution in [0.25, 0.3) is 0 Å². The van der Waals surface area contributed by atoms with E-state index in [0.29, 0.717) is 25.3 Å². The lowest BCUT2D eigenvalue weighted by atomic mass is 9.85. The Hall–Kier alpha value is -2.46. The van der Waals surface area contributed by atoms with Crippen LogP contribution < -0.4 is 22.1 Å². The molecule has 1 spiro atoms. The molecule has 0 aromatic carbocycles. The van der Waals surface area contributed by atoms with Crippen molar-refractivity contribution in [2.24, 2.45) is 10.9 Å². The fourth-order valence-corrected chi connectivity index (χ4v) is 4.60. The van der Waals surface area contributed by atoms with Gasteiger partial charge < -0.3 is 27.0 Å². The summed E-state index contributed by atoms with van der Waals surface area (Å²) in [5.41, 5.74) is 11.0. The quantitative estimate of drug-likeness (QED) is 0.531. The third kappa shape index (κ3) is 4.20. The summed E-state index contributed by atoms with van der Waals surface area (Å²) in [6.07, 6.45) is 4.94. The monoisotopic (exact) mass is 434 g/mol. The lowest BCUT2D eigenvalue weighted by molar-refractivity contribution is -0.137. The van der Waals surface area contributed by atoms with E-state index >= 15 is 0 Å². The summed E-state index contributed by atoms with van der Waals surface area (Å²) in [5.74, 6) is 0.418. The molecule has 2 saturated heterocycles. The third-order valence-electron chi connectivity index (χ3n) is 6.27. The van der Waals surface area contributed by atoms with Crippen molar-refractivity contribution in [3.8, 4) is 0 Å². The molecular formula is C19H27ClN8O2. The number of nitrogen functional groups attached to an aromatic ring is 2. The maximum absolute atomic E-state index is 12.8. The smallest absolute Gasteiger partial charge is 0.279 e. The first-order valence-electron chi connectivity index (χ1n) is 10.3. The number of carbonyl (C=O) groups is 2. The first-order valence-corrected chi connectivity index (χ1v) is 10.7. The normalized spacial score (nSPS) is 21.5. The van der Waals surface area contributed by atoms with Crippen LogP contribution in [0.1, 0.15) is 49.0 Å². The molecule has 4 rings (SSSR count). The minimum absolute atomic E-state index is 0.0197. The molecule has 0 aliphatic carbocycles. The number of carbonyl (C=O) groups excluding carboxylic acids is 2. The van der Waals surface area contributed by atoms with Gasteiger partial charge in [0.25, 0.3) is 5.91 Å². The van der Waals surface area contributed by atoms with Gasteiger partial charge in [-0.05, 0) is 45.2 Å². The molecule has 1 aromatic heterocycles. The Morgan fingerprint density at radius 2 is 1.80 bits per heavy atom. The zero-order chi connectivity index (χ0) is 21.3. The average molecular weight is 435 g/mol. The first-order chi connectivity index (χ1) is 14.4. The molecule has 0 unspecified atom stereocenters. The second-order valence-electron chi connectivity index (χ2n) is 8.22. The number of nitrogens with zero attached hydrogens (tertiary/aromatic N) is 4. The zero-order valence-corrected chi connectivity index (χ0v) is 17.5. The van der Waals surface area contributed by atoms with E-state index in [9.17, 15) is 9.59 Å². The van der Waals surface area contributed by atoms with Crippen molar-refractivity contribution in [2.75, 3.05) is 37.6 Å². The van der Waals surface area contributed by atoms with Crippen molar-refractivity contribution in [1.29, 1.82) is 0 Å². The Labute approximate surface area is 179 Å². The molecule has 0 atom stereocenters. The summed E-state index contributed by atoms with van der Waals surface area (Å²) in [6, 6.07) is 0. The molecule has 2 fully saturated rings. The Morgan fingerprint density at radius 3 is 2.50 bits per heavy atom. The topological polar surface area (TPSA) is 152 Å². The summed E-state index contributed by atoms with van der Waals surface area (Å²) in [4.78, 5) is 39.9. The van der Waals surface area contributed by atoms with E-state index < -0.39 is 5.91 Å². The minimum Gasteiger partial charge on any atom is -0.382 e. The van der Waals surface area contributed by atoms with Crippen LogP contribution in [0.15, 0.2) is 4.99 Å². The van der Waals surface area contributed by atoms with Gasteiger partial charge in [0.15, 0.2) is 22.5 Å². The van der Waals surface area contributed by atoms with Crippen molar-refractivity contribution in [1.82, 2.24) is 25.5 Å². The Morgan fingerprint density at radius 1 is 1.10 bits per heavy atom. The molecule has 30 heavy (non-hydrogen) atoms. The van der Waals surface area contributed by atoms with Crippen molar-refractivity contribution in [3.05, 3.63) is 10.8 Å². The van der Waals surface area contributed by atoms with E-state index in [1.807, 2.05) is 4.90 Å². The predicted octanol–water partition coefficient (Wildman–Crippen LogP) is 0.577. The van der Waals surface area contributed by atoms with Gasteiger partial charge in [-0.25, -0.2) is 9.97 Å². The minimum atomic E-state index is -0.503. The maximum Gasteiger partial charge on any atom is 0.279 e. The number of halogens is 1. The Kier molecular flexibility index (Phi) is 5.79. The van der Waals surface area contributed by atoms with Crippen LogP contribution in [-0.2, 0) is 4.79 Å². The number of aliphatic imine (C=N–C) groups is 1.